The molecular weight excluding hydrogens is 556 g/mol. The van der Waals surface area contributed by atoms with Gasteiger partial charge in [0.2, 0.25) is 0 Å². The van der Waals surface area contributed by atoms with Gasteiger partial charge in [-0.05, 0) is 94.0 Å². The number of methoxy groups -OCH3 is 1. The van der Waals surface area contributed by atoms with Crippen LogP contribution >= 0.6 is 11.3 Å². The third kappa shape index (κ3) is 8.47. The molecule has 2 N–H and O–H groups in total. The molecule has 1 atom stereocenters. The maximum Gasteiger partial charge on any atom is 0.410 e. The van der Waals surface area contributed by atoms with Crippen molar-refractivity contribution in [1.82, 2.24) is 15.5 Å². The summed E-state index contributed by atoms with van der Waals surface area (Å²) in [7, 11) is 1.24. The van der Waals surface area contributed by atoms with E-state index in [9.17, 15) is 19.2 Å². The summed E-state index contributed by atoms with van der Waals surface area (Å²) in [5.41, 5.74) is 1.07. The van der Waals surface area contributed by atoms with Crippen molar-refractivity contribution < 1.29 is 28.7 Å². The van der Waals surface area contributed by atoms with E-state index in [1.54, 1.807) is 29.6 Å². The van der Waals surface area contributed by atoms with Gasteiger partial charge in [0, 0.05) is 44.0 Å². The van der Waals surface area contributed by atoms with Crippen molar-refractivity contribution in [1.29, 1.82) is 0 Å². The summed E-state index contributed by atoms with van der Waals surface area (Å²) in [6, 6.07) is 9.86. The molecule has 0 aliphatic carbocycles. The molecule has 2 aliphatic heterocycles. The molecule has 3 amide bonds. The second kappa shape index (κ2) is 14.0. The average molecular weight is 599 g/mol. The predicted molar refractivity (Wildman–Crippen MR) is 162 cm³/mol. The van der Waals surface area contributed by atoms with Gasteiger partial charge in [0.15, 0.2) is 0 Å². The minimum atomic E-state index is -1.00. The highest BCUT2D eigenvalue weighted by atomic mass is 32.1. The Morgan fingerprint density at radius 1 is 0.929 bits per heavy atom. The quantitative estimate of drug-likeness (QED) is 0.435. The number of nitrogens with zero attached hydrogens (tertiary/aromatic N) is 2. The molecule has 0 unspecified atom stereocenters. The molecule has 0 radical (unpaired) electrons. The number of carbonyl (C=O) groups excluding carboxylic acids is 4. The van der Waals surface area contributed by atoms with Gasteiger partial charge in [0.1, 0.15) is 11.6 Å². The van der Waals surface area contributed by atoms with Crippen LogP contribution in [0.1, 0.15) is 66.5 Å². The van der Waals surface area contributed by atoms with Crippen LogP contribution in [0.25, 0.3) is 0 Å². The third-order valence-electron chi connectivity index (χ3n) is 7.89. The van der Waals surface area contributed by atoms with Crippen LogP contribution < -0.4 is 15.5 Å². The number of benzene rings is 1. The first kappa shape index (κ1) is 31.3. The molecule has 2 aliphatic rings. The highest BCUT2D eigenvalue weighted by Gasteiger charge is 2.32. The smallest absolute Gasteiger partial charge is 0.410 e. The molecule has 3 heterocycles. The van der Waals surface area contributed by atoms with Gasteiger partial charge in [-0.15, -0.1) is 11.3 Å². The summed E-state index contributed by atoms with van der Waals surface area (Å²) in [6.07, 6.45) is 4.03. The number of ether oxygens (including phenoxy) is 2. The lowest BCUT2D eigenvalue weighted by molar-refractivity contribution is -0.142. The Labute approximate surface area is 251 Å². The van der Waals surface area contributed by atoms with E-state index in [1.165, 1.54) is 18.4 Å². The van der Waals surface area contributed by atoms with Crippen LogP contribution in [0.4, 0.5) is 10.5 Å². The fraction of sp³-hybridized carbons (Fsp3) is 0.548. The number of nitrogens with one attached hydrogen (secondary N) is 2. The lowest BCUT2D eigenvalue weighted by Crippen LogP contribution is -2.48. The average Bonchev–Trinajstić information content (AvgIpc) is 3.53. The number of hydrogen-bond donors (Lipinski definition) is 2. The van der Waals surface area contributed by atoms with Gasteiger partial charge in [-0.2, -0.15) is 0 Å². The van der Waals surface area contributed by atoms with Crippen molar-refractivity contribution in [2.24, 2.45) is 11.8 Å². The first-order chi connectivity index (χ1) is 20.0. The van der Waals surface area contributed by atoms with Crippen LogP contribution in [-0.4, -0.2) is 80.3 Å². The fourth-order valence-corrected chi connectivity index (χ4v) is 6.23. The van der Waals surface area contributed by atoms with E-state index in [-0.39, 0.29) is 18.5 Å². The lowest BCUT2D eigenvalue weighted by atomic mass is 9.79. The van der Waals surface area contributed by atoms with Crippen molar-refractivity contribution in [2.45, 2.75) is 58.1 Å². The van der Waals surface area contributed by atoms with Crippen molar-refractivity contribution in [3.8, 4) is 0 Å². The standard InChI is InChI=1S/C31H42N4O6S/c1-31(2,3)41-30(39)35-17-13-22(14-18-35)21-11-15-34(16-12-21)24-9-7-23(8-10-24)27(36)32-20-25(29(38)40-4)33-28(37)26-6-5-19-42-26/h5-10,19,21-22,25H,11-18,20H2,1-4H3,(H,32,36)(H,33,37)/t25-/m0/s1. The number of carbonyl (C=O) groups is 4. The Balaban J connectivity index is 1.22. The molecule has 0 spiro atoms. The Morgan fingerprint density at radius 2 is 1.55 bits per heavy atom. The van der Waals surface area contributed by atoms with E-state index in [2.05, 4.69) is 15.5 Å². The maximum absolute atomic E-state index is 12.8. The van der Waals surface area contributed by atoms with Gasteiger partial charge in [-0.3, -0.25) is 9.59 Å². The van der Waals surface area contributed by atoms with Crippen LogP contribution in [-0.2, 0) is 14.3 Å². The number of amides is 3. The number of esters is 1. The summed E-state index contributed by atoms with van der Waals surface area (Å²) in [5, 5.41) is 7.13. The van der Waals surface area contributed by atoms with E-state index in [0.717, 1.165) is 57.5 Å². The molecule has 11 heteroatoms. The predicted octanol–water partition coefficient (Wildman–Crippen LogP) is 4.31. The SMILES string of the molecule is COC(=O)[C@H](CNC(=O)c1ccc(N2CCC(C3CCN(C(=O)OC(C)(C)C)CC3)CC2)cc1)NC(=O)c1cccs1. The zero-order valence-corrected chi connectivity index (χ0v) is 25.7. The Morgan fingerprint density at radius 3 is 2.10 bits per heavy atom. The zero-order valence-electron chi connectivity index (χ0n) is 24.9. The third-order valence-corrected chi connectivity index (χ3v) is 8.76. The minimum absolute atomic E-state index is 0.0887. The molecular formula is C31H42N4O6S. The monoisotopic (exact) mass is 598 g/mol. The number of piperidine rings is 2. The second-order valence-corrected chi connectivity index (χ2v) is 12.9. The van der Waals surface area contributed by atoms with Crippen LogP contribution in [0.5, 0.6) is 0 Å². The summed E-state index contributed by atoms with van der Waals surface area (Å²) >= 11 is 1.26. The second-order valence-electron chi connectivity index (χ2n) is 11.9. The van der Waals surface area contributed by atoms with Crippen LogP contribution in [0.3, 0.4) is 0 Å². The molecule has 1 aromatic carbocycles. The van der Waals surface area contributed by atoms with Crippen LogP contribution in [0.2, 0.25) is 0 Å². The van der Waals surface area contributed by atoms with E-state index in [1.807, 2.05) is 37.8 Å². The molecule has 2 fully saturated rings. The lowest BCUT2D eigenvalue weighted by Gasteiger charge is -2.41. The first-order valence-corrected chi connectivity index (χ1v) is 15.5. The van der Waals surface area contributed by atoms with Crippen molar-refractivity contribution in [2.75, 3.05) is 44.7 Å². The van der Waals surface area contributed by atoms with Crippen molar-refractivity contribution in [3.63, 3.8) is 0 Å². The Kier molecular flexibility index (Phi) is 10.5. The fourth-order valence-electron chi connectivity index (χ4n) is 5.60. The van der Waals surface area contributed by atoms with Gasteiger partial charge in [-0.1, -0.05) is 6.07 Å². The van der Waals surface area contributed by atoms with Gasteiger partial charge in [0.25, 0.3) is 11.8 Å². The summed E-state index contributed by atoms with van der Waals surface area (Å²) < 4.78 is 10.3. The molecule has 2 saturated heterocycles. The maximum atomic E-state index is 12.8. The number of likely N-dealkylation sites (tertiary alicyclic amines) is 1. The van der Waals surface area contributed by atoms with E-state index in [4.69, 9.17) is 9.47 Å². The van der Waals surface area contributed by atoms with E-state index in [0.29, 0.717) is 22.3 Å². The van der Waals surface area contributed by atoms with Crippen molar-refractivity contribution >= 4 is 40.9 Å². The normalized spacial score (nSPS) is 17.3. The molecule has 42 heavy (non-hydrogen) atoms. The van der Waals surface area contributed by atoms with E-state index >= 15 is 0 Å². The topological polar surface area (TPSA) is 117 Å². The molecule has 2 aromatic rings. The summed E-state index contributed by atoms with van der Waals surface area (Å²) in [6.45, 7) is 9.01. The number of anilines is 1. The molecule has 1 aromatic heterocycles. The molecule has 0 bridgehead atoms. The van der Waals surface area contributed by atoms with Gasteiger partial charge < -0.3 is 29.9 Å². The highest BCUT2D eigenvalue weighted by Crippen LogP contribution is 2.34. The van der Waals surface area contributed by atoms with Crippen molar-refractivity contribution in [3.05, 3.63) is 52.2 Å². The van der Waals surface area contributed by atoms with Gasteiger partial charge in [0.05, 0.1) is 12.0 Å². The van der Waals surface area contributed by atoms with Crippen LogP contribution in [0.15, 0.2) is 41.8 Å². The molecule has 0 saturated carbocycles. The number of thiophene rings is 1. The summed E-state index contributed by atoms with van der Waals surface area (Å²) in [5.74, 6) is -0.0881. The summed E-state index contributed by atoms with van der Waals surface area (Å²) in [4.78, 5) is 54.4. The molecule has 10 nitrogen and oxygen atoms in total. The number of hydrogen-bond acceptors (Lipinski definition) is 8. The highest BCUT2D eigenvalue weighted by molar-refractivity contribution is 7.12. The van der Waals surface area contributed by atoms with E-state index < -0.39 is 23.5 Å². The Hall–Kier alpha value is -3.60. The number of rotatable bonds is 8. The largest absolute Gasteiger partial charge is 0.467 e. The van der Waals surface area contributed by atoms with Gasteiger partial charge >= 0.3 is 12.1 Å². The minimum Gasteiger partial charge on any atom is -0.467 e. The molecule has 228 valence electrons. The zero-order chi connectivity index (χ0) is 30.3. The Bertz CT molecular complexity index is 1210. The molecule has 4 rings (SSSR count). The van der Waals surface area contributed by atoms with Gasteiger partial charge in [-0.25, -0.2) is 9.59 Å². The van der Waals surface area contributed by atoms with Crippen LogP contribution in [0, 0.1) is 11.8 Å². The first-order valence-electron chi connectivity index (χ1n) is 14.6.